The zero-order valence-electron chi connectivity index (χ0n) is 10.2. The number of hydrogen-bond acceptors (Lipinski definition) is 3. The zero-order chi connectivity index (χ0) is 14.1. The topological polar surface area (TPSA) is 95.4 Å². The minimum Gasteiger partial charge on any atom is -0.360 e. The Labute approximate surface area is 110 Å². The molecule has 5 nitrogen and oxygen atoms in total. The first-order chi connectivity index (χ1) is 9.09. The molecule has 2 aromatic rings. The molecule has 2 amide bonds. The fraction of sp³-hybridized carbons (Fsp3) is 0. The molecule has 0 aliphatic carbocycles. The highest BCUT2D eigenvalue weighted by Gasteiger charge is 1.95. The molecule has 0 spiro atoms. The van der Waals surface area contributed by atoms with Crippen LogP contribution in [0.25, 0.3) is 11.1 Å². The Balaban J connectivity index is 0.000000224. The third-order valence-corrected chi connectivity index (χ3v) is 2.08. The van der Waals surface area contributed by atoms with Crippen LogP contribution in [0, 0.1) is 0 Å². The van der Waals surface area contributed by atoms with Crippen molar-refractivity contribution >= 4 is 12.2 Å². The summed E-state index contributed by atoms with van der Waals surface area (Å²) >= 11 is 0. The lowest BCUT2D eigenvalue weighted by Crippen LogP contribution is -2.22. The monoisotopic (exact) mass is 258 g/mol. The van der Waals surface area contributed by atoms with Gasteiger partial charge >= 0.3 is 12.2 Å². The maximum Gasteiger partial charge on any atom is 0.413 e. The van der Waals surface area contributed by atoms with Crippen molar-refractivity contribution in [3.8, 4) is 11.1 Å². The minimum absolute atomic E-state index is 1.19. The van der Waals surface area contributed by atoms with Gasteiger partial charge in [-0.2, -0.15) is 0 Å². The number of ether oxygens (including phenoxy) is 1. The van der Waals surface area contributed by atoms with E-state index in [-0.39, 0.29) is 0 Å². The summed E-state index contributed by atoms with van der Waals surface area (Å²) < 4.78 is 3.53. The van der Waals surface area contributed by atoms with Gasteiger partial charge in [0, 0.05) is 0 Å². The molecule has 98 valence electrons. The van der Waals surface area contributed by atoms with Crippen LogP contribution in [-0.4, -0.2) is 12.2 Å². The highest BCUT2D eigenvalue weighted by molar-refractivity contribution is 5.81. The predicted molar refractivity (Wildman–Crippen MR) is 72.1 cm³/mol. The van der Waals surface area contributed by atoms with Gasteiger partial charge < -0.3 is 16.2 Å². The van der Waals surface area contributed by atoms with Gasteiger partial charge in [0.2, 0.25) is 0 Å². The minimum atomic E-state index is -1.19. The third-order valence-electron chi connectivity index (χ3n) is 2.08. The van der Waals surface area contributed by atoms with E-state index in [1.54, 1.807) is 0 Å². The average molecular weight is 258 g/mol. The van der Waals surface area contributed by atoms with Crippen molar-refractivity contribution < 1.29 is 14.3 Å². The van der Waals surface area contributed by atoms with Gasteiger partial charge in [0.15, 0.2) is 0 Å². The fourth-order valence-electron chi connectivity index (χ4n) is 1.36. The second-order valence-electron chi connectivity index (χ2n) is 3.47. The van der Waals surface area contributed by atoms with Crippen molar-refractivity contribution in [1.29, 1.82) is 0 Å². The third kappa shape index (κ3) is 5.88. The standard InChI is InChI=1S/C12H10.C2H4N2O3/c1-3-7-11(8-4-1)12-9-5-2-6-10-12;3-1(5)7-2(4)6/h1-10H;(H2,3,5)(H2,4,6). The molecule has 19 heavy (non-hydrogen) atoms. The molecule has 0 aromatic heterocycles. The zero-order valence-corrected chi connectivity index (χ0v) is 10.2. The van der Waals surface area contributed by atoms with Gasteiger partial charge in [0.25, 0.3) is 0 Å². The molecule has 2 rings (SSSR count). The largest absolute Gasteiger partial charge is 0.413 e. The molecule has 5 heteroatoms. The molecule has 0 atom stereocenters. The Hall–Kier alpha value is -2.82. The van der Waals surface area contributed by atoms with Crippen molar-refractivity contribution in [3.05, 3.63) is 60.7 Å². The van der Waals surface area contributed by atoms with Crippen LogP contribution in [-0.2, 0) is 4.74 Å². The summed E-state index contributed by atoms with van der Waals surface area (Å²) in [6.07, 6.45) is -2.38. The number of carbonyl (C=O) groups excluding carboxylic acids is 2. The summed E-state index contributed by atoms with van der Waals surface area (Å²) in [5, 5.41) is 0. The molecular weight excluding hydrogens is 244 g/mol. The first kappa shape index (κ1) is 14.2. The lowest BCUT2D eigenvalue weighted by Gasteiger charge is -1.98. The van der Waals surface area contributed by atoms with Crippen LogP contribution in [0.5, 0.6) is 0 Å². The Bertz CT molecular complexity index is 477. The highest BCUT2D eigenvalue weighted by Crippen LogP contribution is 2.17. The van der Waals surface area contributed by atoms with Crippen LogP contribution in [0.15, 0.2) is 60.7 Å². The van der Waals surface area contributed by atoms with E-state index < -0.39 is 12.2 Å². The quantitative estimate of drug-likeness (QED) is 0.769. The average Bonchev–Trinajstić information content (AvgIpc) is 2.40. The number of hydrogen-bond donors (Lipinski definition) is 2. The Morgan fingerprint density at radius 2 is 1.00 bits per heavy atom. The first-order valence-electron chi connectivity index (χ1n) is 5.47. The van der Waals surface area contributed by atoms with Crippen molar-refractivity contribution in [2.24, 2.45) is 11.5 Å². The van der Waals surface area contributed by atoms with Crippen LogP contribution >= 0.6 is 0 Å². The lowest BCUT2D eigenvalue weighted by atomic mass is 10.1. The maximum atomic E-state index is 9.51. The Morgan fingerprint density at radius 3 is 1.21 bits per heavy atom. The van der Waals surface area contributed by atoms with Crippen molar-refractivity contribution in [2.75, 3.05) is 0 Å². The Kier molecular flexibility index (Phi) is 5.62. The van der Waals surface area contributed by atoms with E-state index in [9.17, 15) is 9.59 Å². The molecule has 0 aliphatic heterocycles. The summed E-state index contributed by atoms with van der Waals surface area (Å²) in [5.41, 5.74) is 11.2. The smallest absolute Gasteiger partial charge is 0.360 e. The number of primary amides is 2. The molecule has 0 saturated carbocycles. The molecule has 0 unspecified atom stereocenters. The SMILES string of the molecule is NC(=O)OC(N)=O.c1ccc(-c2ccccc2)cc1. The van der Waals surface area contributed by atoms with E-state index in [2.05, 4.69) is 64.7 Å². The molecule has 2 aromatic carbocycles. The van der Waals surface area contributed by atoms with Crippen molar-refractivity contribution in [3.63, 3.8) is 0 Å². The van der Waals surface area contributed by atoms with E-state index in [4.69, 9.17) is 0 Å². The second-order valence-corrected chi connectivity index (χ2v) is 3.47. The summed E-state index contributed by atoms with van der Waals surface area (Å²) in [7, 11) is 0. The van der Waals surface area contributed by atoms with Gasteiger partial charge in [-0.25, -0.2) is 9.59 Å². The summed E-state index contributed by atoms with van der Waals surface area (Å²) in [5.74, 6) is 0. The van der Waals surface area contributed by atoms with Gasteiger partial charge in [-0.15, -0.1) is 0 Å². The van der Waals surface area contributed by atoms with E-state index in [0.29, 0.717) is 0 Å². The number of benzene rings is 2. The van der Waals surface area contributed by atoms with E-state index in [1.807, 2.05) is 12.1 Å². The number of nitrogens with two attached hydrogens (primary N) is 2. The van der Waals surface area contributed by atoms with E-state index in [1.165, 1.54) is 11.1 Å². The molecule has 0 saturated heterocycles. The fourth-order valence-corrected chi connectivity index (χ4v) is 1.36. The molecule has 0 heterocycles. The van der Waals surface area contributed by atoms with Gasteiger partial charge in [0.1, 0.15) is 0 Å². The number of rotatable bonds is 1. The van der Waals surface area contributed by atoms with Crippen molar-refractivity contribution in [1.82, 2.24) is 0 Å². The summed E-state index contributed by atoms with van der Waals surface area (Å²) in [4.78, 5) is 19.0. The summed E-state index contributed by atoms with van der Waals surface area (Å²) in [6.45, 7) is 0. The van der Waals surface area contributed by atoms with Crippen LogP contribution in [0.1, 0.15) is 0 Å². The predicted octanol–water partition coefficient (Wildman–Crippen LogP) is 2.51. The second kappa shape index (κ2) is 7.50. The van der Waals surface area contributed by atoms with Crippen LogP contribution < -0.4 is 11.5 Å². The summed E-state index contributed by atoms with van der Waals surface area (Å²) in [6, 6.07) is 20.8. The molecule has 4 N–H and O–H groups in total. The first-order valence-corrected chi connectivity index (χ1v) is 5.47. The maximum absolute atomic E-state index is 9.51. The van der Waals surface area contributed by atoms with Gasteiger partial charge in [0.05, 0.1) is 0 Å². The Morgan fingerprint density at radius 1 is 0.684 bits per heavy atom. The van der Waals surface area contributed by atoms with Crippen molar-refractivity contribution in [2.45, 2.75) is 0 Å². The number of carbonyl (C=O) groups is 2. The molecule has 0 fully saturated rings. The molecular formula is C14H14N2O3. The van der Waals surface area contributed by atoms with E-state index in [0.717, 1.165) is 0 Å². The number of amides is 2. The highest BCUT2D eigenvalue weighted by atomic mass is 16.6. The molecule has 0 bridgehead atoms. The van der Waals surface area contributed by atoms with Gasteiger partial charge in [-0.1, -0.05) is 60.7 Å². The van der Waals surface area contributed by atoms with E-state index >= 15 is 0 Å². The van der Waals surface area contributed by atoms with Gasteiger partial charge in [-0.3, -0.25) is 0 Å². The van der Waals surface area contributed by atoms with Gasteiger partial charge in [-0.05, 0) is 11.1 Å². The van der Waals surface area contributed by atoms with Crippen LogP contribution in [0.2, 0.25) is 0 Å². The van der Waals surface area contributed by atoms with Crippen LogP contribution in [0.4, 0.5) is 9.59 Å². The van der Waals surface area contributed by atoms with Crippen LogP contribution in [0.3, 0.4) is 0 Å². The molecule has 0 aliphatic rings. The normalized spacial score (nSPS) is 8.84. The molecule has 0 radical (unpaired) electrons. The lowest BCUT2D eigenvalue weighted by molar-refractivity contribution is 0.164.